The predicted octanol–water partition coefficient (Wildman–Crippen LogP) is 3.00. The van der Waals surface area contributed by atoms with E-state index in [1.165, 1.54) is 11.6 Å². The minimum absolute atomic E-state index is 0.0107. The number of carbonyl (C=O) groups excluding carboxylic acids is 1. The molecule has 7 heteroatoms. The Morgan fingerprint density at radius 1 is 1.25 bits per heavy atom. The molecule has 1 aromatic carbocycles. The summed E-state index contributed by atoms with van der Waals surface area (Å²) in [5.74, 6) is 0.000732. The van der Waals surface area contributed by atoms with Crippen molar-refractivity contribution in [1.82, 2.24) is 9.97 Å². The van der Waals surface area contributed by atoms with Crippen LogP contribution in [0.4, 0.5) is 11.5 Å². The Morgan fingerprint density at radius 2 is 2.10 bits per heavy atom. The van der Waals surface area contributed by atoms with Crippen LogP contribution in [0.1, 0.15) is 15.9 Å². The van der Waals surface area contributed by atoms with E-state index in [-0.39, 0.29) is 22.2 Å². The number of nitrogens with one attached hydrogen (secondary N) is 2. The van der Waals surface area contributed by atoms with Crippen LogP contribution in [-0.2, 0) is 6.42 Å². The zero-order valence-corrected chi connectivity index (χ0v) is 11.8. The summed E-state index contributed by atoms with van der Waals surface area (Å²) in [6.45, 7) is 0.900. The van der Waals surface area contributed by atoms with Crippen LogP contribution in [0, 0.1) is 0 Å². The van der Waals surface area contributed by atoms with Gasteiger partial charge in [-0.25, -0.2) is 9.97 Å². The highest BCUT2D eigenvalue weighted by Crippen LogP contribution is 2.23. The van der Waals surface area contributed by atoms with Crippen LogP contribution in [-0.4, -0.2) is 22.4 Å². The maximum Gasteiger partial charge on any atom is 0.256 e. The number of hydrogen-bond acceptors (Lipinski definition) is 4. The molecule has 0 aliphatic carbocycles. The van der Waals surface area contributed by atoms with E-state index in [0.29, 0.717) is 5.56 Å². The molecule has 0 fully saturated rings. The van der Waals surface area contributed by atoms with Crippen molar-refractivity contribution < 1.29 is 4.79 Å². The molecule has 1 aliphatic rings. The van der Waals surface area contributed by atoms with E-state index in [4.69, 9.17) is 23.2 Å². The molecule has 2 heterocycles. The average Bonchev–Trinajstić information content (AvgIpc) is 2.84. The second-order valence-electron chi connectivity index (χ2n) is 4.35. The van der Waals surface area contributed by atoms with Gasteiger partial charge in [0.2, 0.25) is 5.28 Å². The molecular weight excluding hydrogens is 299 g/mol. The first-order valence-electron chi connectivity index (χ1n) is 6.00. The molecule has 102 valence electrons. The van der Waals surface area contributed by atoms with Crippen LogP contribution in [0.5, 0.6) is 0 Å². The minimum atomic E-state index is -0.271. The lowest BCUT2D eigenvalue weighted by Gasteiger charge is -2.07. The molecule has 0 spiro atoms. The van der Waals surface area contributed by atoms with E-state index < -0.39 is 0 Å². The number of fused-ring (bicyclic) bond motifs is 1. The zero-order valence-electron chi connectivity index (χ0n) is 10.3. The first-order valence-corrected chi connectivity index (χ1v) is 6.75. The number of aromatic nitrogens is 2. The Labute approximate surface area is 125 Å². The maximum absolute atomic E-state index is 12.2. The van der Waals surface area contributed by atoms with Gasteiger partial charge in [-0.05, 0) is 35.7 Å². The normalized spacial score (nSPS) is 12.7. The van der Waals surface area contributed by atoms with Crippen LogP contribution in [0.2, 0.25) is 10.4 Å². The lowest BCUT2D eigenvalue weighted by atomic mass is 10.1. The van der Waals surface area contributed by atoms with Gasteiger partial charge in [-0.1, -0.05) is 17.7 Å². The third-order valence-electron chi connectivity index (χ3n) is 2.99. The molecule has 1 aromatic heterocycles. The Hall–Kier alpha value is -1.85. The third-order valence-corrected chi connectivity index (χ3v) is 3.35. The molecule has 3 rings (SSSR count). The smallest absolute Gasteiger partial charge is 0.256 e. The number of carbonyl (C=O) groups is 1. The lowest BCUT2D eigenvalue weighted by molar-refractivity contribution is 0.102. The lowest BCUT2D eigenvalue weighted by Crippen LogP contribution is -2.13. The summed E-state index contributed by atoms with van der Waals surface area (Å²) in [6, 6.07) is 6.99. The summed E-state index contributed by atoms with van der Waals surface area (Å²) in [6.07, 6.45) is 0.981. The minimum Gasteiger partial charge on any atom is -0.384 e. The Bertz CT molecular complexity index is 670. The summed E-state index contributed by atoms with van der Waals surface area (Å²) in [4.78, 5) is 19.8. The molecule has 2 aromatic rings. The second-order valence-corrected chi connectivity index (χ2v) is 5.07. The summed E-state index contributed by atoms with van der Waals surface area (Å²) in [5.41, 5.74) is 2.76. The van der Waals surface area contributed by atoms with Crippen molar-refractivity contribution in [1.29, 1.82) is 0 Å². The van der Waals surface area contributed by atoms with Gasteiger partial charge in [-0.15, -0.1) is 0 Å². The van der Waals surface area contributed by atoms with Gasteiger partial charge in [0.05, 0.1) is 0 Å². The van der Waals surface area contributed by atoms with Gasteiger partial charge >= 0.3 is 0 Å². The molecule has 2 N–H and O–H groups in total. The number of benzene rings is 1. The van der Waals surface area contributed by atoms with E-state index >= 15 is 0 Å². The maximum atomic E-state index is 12.2. The van der Waals surface area contributed by atoms with Crippen molar-refractivity contribution in [3.05, 3.63) is 45.8 Å². The molecule has 1 aliphatic heterocycles. The number of anilines is 2. The van der Waals surface area contributed by atoms with Gasteiger partial charge in [-0.2, -0.15) is 0 Å². The highest BCUT2D eigenvalue weighted by Gasteiger charge is 2.14. The Balaban J connectivity index is 1.82. The molecule has 5 nitrogen and oxygen atoms in total. The standard InChI is InChI=1S/C13H10Cl2N4O/c14-10-6-11(19-13(15)17-10)18-12(20)8-2-1-7-3-4-16-9(7)5-8/h1-2,5-6,16H,3-4H2,(H,17,18,19,20). The Kier molecular flexibility index (Phi) is 3.46. The molecule has 0 atom stereocenters. The van der Waals surface area contributed by atoms with Gasteiger partial charge in [0, 0.05) is 23.9 Å². The topological polar surface area (TPSA) is 66.9 Å². The van der Waals surface area contributed by atoms with Crippen molar-refractivity contribution in [2.75, 3.05) is 17.2 Å². The van der Waals surface area contributed by atoms with Crippen molar-refractivity contribution in [3.63, 3.8) is 0 Å². The van der Waals surface area contributed by atoms with Crippen LogP contribution in [0.15, 0.2) is 24.3 Å². The second kappa shape index (κ2) is 5.26. The fourth-order valence-electron chi connectivity index (χ4n) is 2.07. The summed E-state index contributed by atoms with van der Waals surface area (Å²) >= 11 is 11.4. The zero-order chi connectivity index (χ0) is 14.1. The van der Waals surface area contributed by atoms with E-state index in [9.17, 15) is 4.79 Å². The fourth-order valence-corrected chi connectivity index (χ4v) is 2.48. The molecule has 0 radical (unpaired) electrons. The first-order chi connectivity index (χ1) is 9.61. The number of rotatable bonds is 2. The fraction of sp³-hybridized carbons (Fsp3) is 0.154. The molecule has 0 saturated heterocycles. The summed E-state index contributed by atoms with van der Waals surface area (Å²) in [7, 11) is 0. The number of amides is 1. The predicted molar refractivity (Wildman–Crippen MR) is 78.6 cm³/mol. The van der Waals surface area contributed by atoms with E-state index in [2.05, 4.69) is 20.6 Å². The Morgan fingerprint density at radius 3 is 2.90 bits per heavy atom. The van der Waals surface area contributed by atoms with E-state index in [1.807, 2.05) is 12.1 Å². The molecule has 1 amide bonds. The van der Waals surface area contributed by atoms with Gasteiger partial charge in [0.15, 0.2) is 0 Å². The highest BCUT2D eigenvalue weighted by molar-refractivity contribution is 6.32. The van der Waals surface area contributed by atoms with Crippen LogP contribution < -0.4 is 10.6 Å². The van der Waals surface area contributed by atoms with Gasteiger partial charge in [0.1, 0.15) is 11.0 Å². The number of nitrogens with zero attached hydrogens (tertiary/aromatic N) is 2. The SMILES string of the molecule is O=C(Nc1cc(Cl)nc(Cl)n1)c1ccc2c(c1)NCC2. The quantitative estimate of drug-likeness (QED) is 0.661. The molecule has 20 heavy (non-hydrogen) atoms. The van der Waals surface area contributed by atoms with Crippen LogP contribution in [0.3, 0.4) is 0 Å². The highest BCUT2D eigenvalue weighted by atomic mass is 35.5. The van der Waals surface area contributed by atoms with Gasteiger partial charge < -0.3 is 10.6 Å². The molecule has 0 unspecified atom stereocenters. The summed E-state index contributed by atoms with van der Waals surface area (Å²) in [5, 5.41) is 6.04. The number of hydrogen-bond donors (Lipinski definition) is 2. The largest absolute Gasteiger partial charge is 0.384 e. The van der Waals surface area contributed by atoms with Gasteiger partial charge in [0.25, 0.3) is 5.91 Å². The third kappa shape index (κ3) is 2.69. The van der Waals surface area contributed by atoms with E-state index in [1.54, 1.807) is 6.07 Å². The average molecular weight is 309 g/mol. The van der Waals surface area contributed by atoms with Crippen molar-refractivity contribution >= 4 is 40.6 Å². The van der Waals surface area contributed by atoms with Crippen molar-refractivity contribution in [3.8, 4) is 0 Å². The van der Waals surface area contributed by atoms with Crippen molar-refractivity contribution in [2.24, 2.45) is 0 Å². The van der Waals surface area contributed by atoms with E-state index in [0.717, 1.165) is 18.7 Å². The summed E-state index contributed by atoms with van der Waals surface area (Å²) < 4.78 is 0. The monoisotopic (exact) mass is 308 g/mol. The van der Waals surface area contributed by atoms with Gasteiger partial charge in [-0.3, -0.25) is 4.79 Å². The van der Waals surface area contributed by atoms with Crippen LogP contribution in [0.25, 0.3) is 0 Å². The number of halogens is 2. The first kappa shape index (κ1) is 13.1. The van der Waals surface area contributed by atoms with Crippen LogP contribution >= 0.6 is 23.2 Å². The molecular formula is C13H10Cl2N4O. The van der Waals surface area contributed by atoms with Crippen molar-refractivity contribution in [2.45, 2.75) is 6.42 Å². The molecule has 0 bridgehead atoms. The molecule has 0 saturated carbocycles.